The van der Waals surface area contributed by atoms with Crippen molar-refractivity contribution in [2.24, 2.45) is 5.73 Å². The standard InChI is InChI=1S/C14H21N3/c1-2-14(8-9-15)17(11-10-16)12-13-6-4-3-5-7-13/h3-7,14H,2,8,10-12,16H2,1H3. The van der Waals surface area contributed by atoms with Gasteiger partial charge >= 0.3 is 0 Å². The summed E-state index contributed by atoms with van der Waals surface area (Å²) in [7, 11) is 0. The van der Waals surface area contributed by atoms with E-state index >= 15 is 0 Å². The summed E-state index contributed by atoms with van der Waals surface area (Å²) in [5.74, 6) is 0. The Morgan fingerprint density at radius 3 is 2.59 bits per heavy atom. The predicted octanol–water partition coefficient (Wildman–Crippen LogP) is 2.14. The van der Waals surface area contributed by atoms with E-state index < -0.39 is 0 Å². The van der Waals surface area contributed by atoms with Crippen LogP contribution in [0.4, 0.5) is 0 Å². The van der Waals surface area contributed by atoms with Gasteiger partial charge in [-0.15, -0.1) is 0 Å². The third-order valence-corrected chi connectivity index (χ3v) is 2.96. The summed E-state index contributed by atoms with van der Waals surface area (Å²) in [5, 5.41) is 8.84. The first kappa shape index (κ1) is 13.7. The second-order valence-corrected chi connectivity index (χ2v) is 4.17. The first-order chi connectivity index (χ1) is 8.31. The van der Waals surface area contributed by atoms with Crippen molar-refractivity contribution in [2.45, 2.75) is 32.4 Å². The third kappa shape index (κ3) is 4.56. The predicted molar refractivity (Wildman–Crippen MR) is 70.2 cm³/mol. The molecule has 0 bridgehead atoms. The summed E-state index contributed by atoms with van der Waals surface area (Å²) < 4.78 is 0. The van der Waals surface area contributed by atoms with Crippen molar-refractivity contribution in [3.8, 4) is 6.07 Å². The Balaban J connectivity index is 2.68. The molecule has 0 saturated carbocycles. The van der Waals surface area contributed by atoms with Gasteiger partial charge in [-0.3, -0.25) is 4.90 Å². The van der Waals surface area contributed by atoms with E-state index in [9.17, 15) is 0 Å². The average molecular weight is 231 g/mol. The summed E-state index contributed by atoms with van der Waals surface area (Å²) in [6.07, 6.45) is 1.56. The molecule has 0 aromatic heterocycles. The van der Waals surface area contributed by atoms with Crippen LogP contribution in [-0.4, -0.2) is 24.0 Å². The molecule has 1 rings (SSSR count). The van der Waals surface area contributed by atoms with Crippen LogP contribution in [0.3, 0.4) is 0 Å². The molecule has 0 heterocycles. The molecule has 0 aliphatic heterocycles. The van der Waals surface area contributed by atoms with E-state index in [0.29, 0.717) is 19.0 Å². The molecule has 0 spiro atoms. The molecule has 0 amide bonds. The fourth-order valence-electron chi connectivity index (χ4n) is 2.01. The number of rotatable bonds is 7. The van der Waals surface area contributed by atoms with Gasteiger partial charge in [0.25, 0.3) is 0 Å². The van der Waals surface area contributed by atoms with Crippen LogP contribution in [0.25, 0.3) is 0 Å². The van der Waals surface area contributed by atoms with Crippen molar-refractivity contribution < 1.29 is 0 Å². The fourth-order valence-corrected chi connectivity index (χ4v) is 2.01. The minimum atomic E-state index is 0.309. The van der Waals surface area contributed by atoms with E-state index in [1.807, 2.05) is 18.2 Å². The van der Waals surface area contributed by atoms with Gasteiger partial charge in [-0.1, -0.05) is 37.3 Å². The van der Waals surface area contributed by atoms with Gasteiger partial charge in [0, 0.05) is 25.7 Å². The zero-order valence-corrected chi connectivity index (χ0v) is 10.5. The molecule has 92 valence electrons. The van der Waals surface area contributed by atoms with Crippen molar-refractivity contribution in [3.05, 3.63) is 35.9 Å². The van der Waals surface area contributed by atoms with E-state index in [2.05, 4.69) is 30.0 Å². The van der Waals surface area contributed by atoms with Gasteiger partial charge in [0.2, 0.25) is 0 Å². The van der Waals surface area contributed by atoms with Gasteiger partial charge in [0.1, 0.15) is 0 Å². The molecule has 1 unspecified atom stereocenters. The van der Waals surface area contributed by atoms with Gasteiger partial charge in [-0.25, -0.2) is 0 Å². The van der Waals surface area contributed by atoms with Crippen LogP contribution >= 0.6 is 0 Å². The number of nitriles is 1. The van der Waals surface area contributed by atoms with E-state index in [-0.39, 0.29) is 0 Å². The summed E-state index contributed by atoms with van der Waals surface area (Å²) in [6, 6.07) is 12.9. The topological polar surface area (TPSA) is 53.0 Å². The molecule has 0 radical (unpaired) electrons. The second-order valence-electron chi connectivity index (χ2n) is 4.17. The highest BCUT2D eigenvalue weighted by Crippen LogP contribution is 2.12. The Kier molecular flexibility index (Phi) is 6.31. The lowest BCUT2D eigenvalue weighted by atomic mass is 10.1. The van der Waals surface area contributed by atoms with Crippen LogP contribution in [0.2, 0.25) is 0 Å². The quantitative estimate of drug-likeness (QED) is 0.782. The maximum Gasteiger partial charge on any atom is 0.0638 e. The van der Waals surface area contributed by atoms with Crippen LogP contribution in [0, 0.1) is 11.3 Å². The van der Waals surface area contributed by atoms with Crippen LogP contribution in [0.1, 0.15) is 25.3 Å². The molecule has 3 heteroatoms. The van der Waals surface area contributed by atoms with Crippen LogP contribution in [-0.2, 0) is 6.54 Å². The minimum absolute atomic E-state index is 0.309. The molecule has 1 atom stereocenters. The molecule has 17 heavy (non-hydrogen) atoms. The third-order valence-electron chi connectivity index (χ3n) is 2.96. The van der Waals surface area contributed by atoms with Gasteiger partial charge in [-0.2, -0.15) is 5.26 Å². The highest BCUT2D eigenvalue weighted by Gasteiger charge is 2.15. The lowest BCUT2D eigenvalue weighted by molar-refractivity contribution is 0.189. The zero-order chi connectivity index (χ0) is 12.5. The van der Waals surface area contributed by atoms with Gasteiger partial charge in [-0.05, 0) is 12.0 Å². The molecule has 2 N–H and O–H groups in total. The lowest BCUT2D eigenvalue weighted by Crippen LogP contribution is -2.37. The van der Waals surface area contributed by atoms with Crippen LogP contribution < -0.4 is 5.73 Å². The Hall–Kier alpha value is -1.37. The molecule has 1 aromatic carbocycles. The molecule has 3 nitrogen and oxygen atoms in total. The lowest BCUT2D eigenvalue weighted by Gasteiger charge is -2.29. The van der Waals surface area contributed by atoms with Gasteiger partial charge < -0.3 is 5.73 Å². The second kappa shape index (κ2) is 7.83. The number of nitrogens with zero attached hydrogens (tertiary/aromatic N) is 2. The van der Waals surface area contributed by atoms with Crippen molar-refractivity contribution in [2.75, 3.05) is 13.1 Å². The molecule has 0 saturated heterocycles. The van der Waals surface area contributed by atoms with Crippen LogP contribution in [0.5, 0.6) is 0 Å². The largest absolute Gasteiger partial charge is 0.329 e. The average Bonchev–Trinajstić information content (AvgIpc) is 2.37. The molecule has 0 aliphatic carbocycles. The monoisotopic (exact) mass is 231 g/mol. The number of hydrogen-bond acceptors (Lipinski definition) is 3. The summed E-state index contributed by atoms with van der Waals surface area (Å²) in [5.41, 5.74) is 6.92. The van der Waals surface area contributed by atoms with E-state index in [1.165, 1.54) is 5.56 Å². The maximum atomic E-state index is 8.84. The summed E-state index contributed by atoms with van der Waals surface area (Å²) in [6.45, 7) is 4.47. The summed E-state index contributed by atoms with van der Waals surface area (Å²) in [4.78, 5) is 2.30. The van der Waals surface area contributed by atoms with E-state index in [0.717, 1.165) is 19.5 Å². The zero-order valence-electron chi connectivity index (χ0n) is 10.5. The summed E-state index contributed by atoms with van der Waals surface area (Å²) >= 11 is 0. The normalized spacial score (nSPS) is 12.4. The van der Waals surface area contributed by atoms with Crippen molar-refractivity contribution in [1.29, 1.82) is 5.26 Å². The Bertz CT molecular complexity index is 342. The SMILES string of the molecule is CCC(CC#N)N(CCN)Cc1ccccc1. The fraction of sp³-hybridized carbons (Fsp3) is 0.500. The van der Waals surface area contributed by atoms with Crippen molar-refractivity contribution in [1.82, 2.24) is 4.90 Å². The number of nitrogens with two attached hydrogens (primary N) is 1. The molecule has 0 fully saturated rings. The highest BCUT2D eigenvalue weighted by atomic mass is 15.2. The van der Waals surface area contributed by atoms with Crippen LogP contribution in [0.15, 0.2) is 30.3 Å². The number of hydrogen-bond donors (Lipinski definition) is 1. The van der Waals surface area contributed by atoms with E-state index in [1.54, 1.807) is 0 Å². The number of benzene rings is 1. The Morgan fingerprint density at radius 2 is 2.06 bits per heavy atom. The minimum Gasteiger partial charge on any atom is -0.329 e. The smallest absolute Gasteiger partial charge is 0.0638 e. The van der Waals surface area contributed by atoms with Gasteiger partial charge in [0.15, 0.2) is 0 Å². The first-order valence-corrected chi connectivity index (χ1v) is 6.16. The molecule has 0 aliphatic rings. The van der Waals surface area contributed by atoms with E-state index in [4.69, 9.17) is 11.0 Å². The molecular weight excluding hydrogens is 210 g/mol. The van der Waals surface area contributed by atoms with Crippen molar-refractivity contribution in [3.63, 3.8) is 0 Å². The highest BCUT2D eigenvalue weighted by molar-refractivity contribution is 5.14. The maximum absolute atomic E-state index is 8.84. The first-order valence-electron chi connectivity index (χ1n) is 6.16. The Morgan fingerprint density at radius 1 is 1.35 bits per heavy atom. The molecular formula is C14H21N3. The molecule has 1 aromatic rings. The van der Waals surface area contributed by atoms with Crippen molar-refractivity contribution >= 4 is 0 Å². The Labute approximate surface area is 104 Å². The van der Waals surface area contributed by atoms with Gasteiger partial charge in [0.05, 0.1) is 12.5 Å².